The fraction of sp³-hybridized carbons (Fsp3) is 0.556. The summed E-state index contributed by atoms with van der Waals surface area (Å²) in [7, 11) is -3.97. The molecule has 0 saturated carbocycles. The molecule has 0 saturated heterocycles. The topological polar surface area (TPSA) is 136 Å². The highest BCUT2D eigenvalue weighted by molar-refractivity contribution is 7.89. The fourth-order valence-corrected chi connectivity index (χ4v) is 3.47. The van der Waals surface area contributed by atoms with Crippen LogP contribution in [0.25, 0.3) is 0 Å². The molecule has 2 atom stereocenters. The Morgan fingerprint density at radius 2 is 1.74 bits per heavy atom. The van der Waals surface area contributed by atoms with E-state index in [2.05, 4.69) is 4.72 Å². The number of hydrogen-bond acceptors (Lipinski definition) is 6. The van der Waals surface area contributed by atoms with Crippen molar-refractivity contribution in [1.82, 2.24) is 4.72 Å². The minimum atomic E-state index is -3.97. The standard InChI is InChI=1S/C18H28N2O6S/c1-12-8-10-13(11-9-12)27(24,25)20-15(16(21)22)7-5-6-14(19)17(23)26-18(2,3)4/h8-11,14-15,20H,5-7,19H2,1-4H3,(H,21,22)/t14?,15-/m0/s1. The number of rotatable bonds is 9. The summed E-state index contributed by atoms with van der Waals surface area (Å²) in [5.74, 6) is -1.87. The van der Waals surface area contributed by atoms with Crippen molar-refractivity contribution in [3.63, 3.8) is 0 Å². The molecule has 0 aliphatic rings. The minimum Gasteiger partial charge on any atom is -0.480 e. The maximum atomic E-state index is 12.3. The molecule has 27 heavy (non-hydrogen) atoms. The maximum Gasteiger partial charge on any atom is 0.323 e. The fourth-order valence-electron chi connectivity index (χ4n) is 2.24. The Hall–Kier alpha value is -1.97. The van der Waals surface area contributed by atoms with Gasteiger partial charge in [-0.2, -0.15) is 4.72 Å². The Kier molecular flexibility index (Phi) is 7.94. The second-order valence-electron chi connectivity index (χ2n) is 7.40. The van der Waals surface area contributed by atoms with E-state index in [0.29, 0.717) is 0 Å². The number of hydrogen-bond donors (Lipinski definition) is 3. The first kappa shape index (κ1) is 23.1. The van der Waals surface area contributed by atoms with E-state index in [1.54, 1.807) is 32.9 Å². The zero-order chi connectivity index (χ0) is 20.8. The first-order valence-corrected chi connectivity index (χ1v) is 10.1. The predicted octanol–water partition coefficient (Wildman–Crippen LogP) is 1.57. The van der Waals surface area contributed by atoms with Crippen LogP contribution in [-0.2, 0) is 24.3 Å². The Labute approximate surface area is 160 Å². The summed E-state index contributed by atoms with van der Waals surface area (Å²) in [4.78, 5) is 23.2. The van der Waals surface area contributed by atoms with Crippen molar-refractivity contribution in [3.8, 4) is 0 Å². The van der Waals surface area contributed by atoms with Crippen LogP contribution in [0.2, 0.25) is 0 Å². The van der Waals surface area contributed by atoms with E-state index in [0.717, 1.165) is 5.56 Å². The number of aliphatic carboxylic acids is 1. The minimum absolute atomic E-state index is 0.00305. The van der Waals surface area contributed by atoms with Gasteiger partial charge in [-0.05, 0) is 59.1 Å². The van der Waals surface area contributed by atoms with Gasteiger partial charge in [-0.3, -0.25) is 9.59 Å². The normalized spacial score (nSPS) is 14.4. The second-order valence-corrected chi connectivity index (χ2v) is 9.11. The Morgan fingerprint density at radius 3 is 2.22 bits per heavy atom. The van der Waals surface area contributed by atoms with Gasteiger partial charge in [-0.25, -0.2) is 8.42 Å². The van der Waals surface area contributed by atoms with Crippen LogP contribution in [-0.4, -0.2) is 43.1 Å². The number of esters is 1. The molecule has 0 amide bonds. The van der Waals surface area contributed by atoms with E-state index >= 15 is 0 Å². The third-order valence-electron chi connectivity index (χ3n) is 3.64. The number of carboxylic acids is 1. The maximum absolute atomic E-state index is 12.3. The second kappa shape index (κ2) is 9.29. The summed E-state index contributed by atoms with van der Waals surface area (Å²) < 4.78 is 32.0. The van der Waals surface area contributed by atoms with Crippen LogP contribution in [0.3, 0.4) is 0 Å². The highest BCUT2D eigenvalue weighted by Crippen LogP contribution is 2.14. The molecule has 0 spiro atoms. The molecule has 0 radical (unpaired) electrons. The van der Waals surface area contributed by atoms with Crippen molar-refractivity contribution in [1.29, 1.82) is 0 Å². The Morgan fingerprint density at radius 1 is 1.19 bits per heavy atom. The molecule has 1 aromatic carbocycles. The van der Waals surface area contributed by atoms with Crippen molar-refractivity contribution in [2.45, 2.75) is 69.5 Å². The third-order valence-corrected chi connectivity index (χ3v) is 5.13. The van der Waals surface area contributed by atoms with Gasteiger partial charge in [0, 0.05) is 0 Å². The lowest BCUT2D eigenvalue weighted by Crippen LogP contribution is -2.41. The molecule has 0 aliphatic heterocycles. The van der Waals surface area contributed by atoms with Gasteiger partial charge in [0.25, 0.3) is 0 Å². The van der Waals surface area contributed by atoms with Crippen LogP contribution in [0.5, 0.6) is 0 Å². The zero-order valence-electron chi connectivity index (χ0n) is 16.1. The van der Waals surface area contributed by atoms with Gasteiger partial charge < -0.3 is 15.6 Å². The van der Waals surface area contributed by atoms with Gasteiger partial charge in [-0.15, -0.1) is 0 Å². The lowest BCUT2D eigenvalue weighted by atomic mass is 10.1. The van der Waals surface area contributed by atoms with Crippen molar-refractivity contribution in [3.05, 3.63) is 29.8 Å². The van der Waals surface area contributed by atoms with E-state index in [-0.39, 0.29) is 24.2 Å². The zero-order valence-corrected chi connectivity index (χ0v) is 16.9. The largest absolute Gasteiger partial charge is 0.480 e. The molecule has 0 fully saturated rings. The summed E-state index contributed by atoms with van der Waals surface area (Å²) in [6.45, 7) is 6.98. The van der Waals surface area contributed by atoms with Crippen LogP contribution in [0, 0.1) is 6.92 Å². The quantitative estimate of drug-likeness (QED) is 0.535. The molecule has 0 heterocycles. The lowest BCUT2D eigenvalue weighted by molar-refractivity contribution is -0.156. The molecule has 1 aromatic rings. The molecular weight excluding hydrogens is 372 g/mol. The molecule has 152 valence electrons. The van der Waals surface area contributed by atoms with E-state index < -0.39 is 39.6 Å². The number of benzene rings is 1. The summed E-state index contributed by atoms with van der Waals surface area (Å²) in [5.41, 5.74) is 5.98. The van der Waals surface area contributed by atoms with Gasteiger partial charge in [0.2, 0.25) is 10.0 Å². The molecule has 0 bridgehead atoms. The molecule has 0 aromatic heterocycles. The number of ether oxygens (including phenoxy) is 1. The van der Waals surface area contributed by atoms with Crippen LogP contribution >= 0.6 is 0 Å². The first-order chi connectivity index (χ1) is 12.3. The first-order valence-electron chi connectivity index (χ1n) is 8.62. The number of aryl methyl sites for hydroxylation is 1. The summed E-state index contributed by atoms with van der Waals surface area (Å²) in [5, 5.41) is 9.31. The van der Waals surface area contributed by atoms with Crippen molar-refractivity contribution < 1.29 is 27.9 Å². The van der Waals surface area contributed by atoms with Crippen LogP contribution in [0.1, 0.15) is 45.6 Å². The van der Waals surface area contributed by atoms with Gasteiger partial charge in [0.1, 0.15) is 17.7 Å². The average Bonchev–Trinajstić information content (AvgIpc) is 2.52. The molecule has 4 N–H and O–H groups in total. The van der Waals surface area contributed by atoms with Crippen molar-refractivity contribution >= 4 is 22.0 Å². The van der Waals surface area contributed by atoms with E-state index in [9.17, 15) is 23.1 Å². The molecule has 0 aliphatic carbocycles. The number of carbonyl (C=O) groups is 2. The number of nitrogens with two attached hydrogens (primary N) is 1. The van der Waals surface area contributed by atoms with E-state index in [1.807, 2.05) is 6.92 Å². The SMILES string of the molecule is Cc1ccc(S(=O)(=O)N[C@@H](CCCC(N)C(=O)OC(C)(C)C)C(=O)O)cc1. The van der Waals surface area contributed by atoms with Gasteiger partial charge in [-0.1, -0.05) is 17.7 Å². The molecular formula is C18H28N2O6S. The number of carbonyl (C=O) groups excluding carboxylic acids is 1. The van der Waals surface area contributed by atoms with E-state index in [1.165, 1.54) is 12.1 Å². The molecule has 9 heteroatoms. The molecule has 1 rings (SSSR count). The van der Waals surface area contributed by atoms with Crippen LogP contribution in [0.4, 0.5) is 0 Å². The molecule has 8 nitrogen and oxygen atoms in total. The monoisotopic (exact) mass is 400 g/mol. The van der Waals surface area contributed by atoms with Crippen LogP contribution in [0.15, 0.2) is 29.2 Å². The van der Waals surface area contributed by atoms with Crippen molar-refractivity contribution in [2.75, 3.05) is 0 Å². The lowest BCUT2D eigenvalue weighted by Gasteiger charge is -2.22. The Balaban J connectivity index is 2.66. The number of nitrogens with one attached hydrogen (secondary N) is 1. The summed E-state index contributed by atoms with van der Waals surface area (Å²) >= 11 is 0. The van der Waals surface area contributed by atoms with E-state index in [4.69, 9.17) is 10.5 Å². The highest BCUT2D eigenvalue weighted by Gasteiger charge is 2.26. The third kappa shape index (κ3) is 8.06. The smallest absolute Gasteiger partial charge is 0.323 e. The summed E-state index contributed by atoms with van der Waals surface area (Å²) in [6, 6.07) is 3.87. The predicted molar refractivity (Wildman–Crippen MR) is 101 cm³/mol. The summed E-state index contributed by atoms with van der Waals surface area (Å²) in [6.07, 6.45) is 0.426. The van der Waals surface area contributed by atoms with Gasteiger partial charge in [0.15, 0.2) is 0 Å². The van der Waals surface area contributed by atoms with Crippen molar-refractivity contribution in [2.24, 2.45) is 5.73 Å². The number of carboxylic acid groups (broad SMARTS) is 1. The average molecular weight is 400 g/mol. The number of sulfonamides is 1. The van der Waals surface area contributed by atoms with Crippen LogP contribution < -0.4 is 10.5 Å². The molecule has 1 unspecified atom stereocenters. The van der Waals surface area contributed by atoms with Gasteiger partial charge >= 0.3 is 11.9 Å². The Bertz CT molecular complexity index is 753. The van der Waals surface area contributed by atoms with Gasteiger partial charge in [0.05, 0.1) is 4.90 Å². The highest BCUT2D eigenvalue weighted by atomic mass is 32.2.